The zero-order chi connectivity index (χ0) is 23.7. The fraction of sp³-hybridized carbons (Fsp3) is 0.179. The maximum Gasteiger partial charge on any atom is 0.169 e. The third kappa shape index (κ3) is 4.22. The largest absolute Gasteiger partial charge is 0.381 e. The fourth-order valence-corrected chi connectivity index (χ4v) is 4.10. The number of hydrogen-bond acceptors (Lipinski definition) is 5. The van der Waals surface area contributed by atoms with Crippen LogP contribution in [0.3, 0.4) is 0 Å². The first-order chi connectivity index (χ1) is 16.4. The molecule has 6 nitrogen and oxygen atoms in total. The SMILES string of the molecule is Cc1ccc(C(C)(C)CNc2nc(-c3ccc4ncccc4c3)c(-c3ccccc3)nc2N)[nH]1. The number of aromatic amines is 1. The summed E-state index contributed by atoms with van der Waals surface area (Å²) in [7, 11) is 0. The molecule has 0 spiro atoms. The Morgan fingerprint density at radius 2 is 1.68 bits per heavy atom. The minimum absolute atomic E-state index is 0.144. The fourth-order valence-electron chi connectivity index (χ4n) is 4.10. The number of hydrogen-bond donors (Lipinski definition) is 3. The molecule has 0 atom stereocenters. The van der Waals surface area contributed by atoms with Crippen molar-refractivity contribution in [2.45, 2.75) is 26.2 Å². The van der Waals surface area contributed by atoms with Crippen LogP contribution in [0.2, 0.25) is 0 Å². The number of nitrogens with zero attached hydrogens (tertiary/aromatic N) is 3. The van der Waals surface area contributed by atoms with Gasteiger partial charge in [-0.25, -0.2) is 9.97 Å². The first-order valence-corrected chi connectivity index (χ1v) is 11.4. The van der Waals surface area contributed by atoms with E-state index >= 15 is 0 Å². The van der Waals surface area contributed by atoms with E-state index in [1.807, 2.05) is 48.5 Å². The highest BCUT2D eigenvalue weighted by Crippen LogP contribution is 2.34. The van der Waals surface area contributed by atoms with Gasteiger partial charge < -0.3 is 16.0 Å². The second-order valence-electron chi connectivity index (χ2n) is 9.22. The molecule has 0 saturated carbocycles. The predicted octanol–water partition coefficient (Wildman–Crippen LogP) is 5.97. The predicted molar refractivity (Wildman–Crippen MR) is 140 cm³/mol. The number of nitrogens with one attached hydrogen (secondary N) is 2. The van der Waals surface area contributed by atoms with E-state index < -0.39 is 0 Å². The van der Waals surface area contributed by atoms with Crippen molar-refractivity contribution in [2.75, 3.05) is 17.6 Å². The van der Waals surface area contributed by atoms with E-state index in [0.29, 0.717) is 18.2 Å². The lowest BCUT2D eigenvalue weighted by atomic mass is 9.89. The van der Waals surface area contributed by atoms with Crippen molar-refractivity contribution >= 4 is 22.5 Å². The van der Waals surface area contributed by atoms with Crippen LogP contribution in [0.5, 0.6) is 0 Å². The Kier molecular flexibility index (Phi) is 5.49. The van der Waals surface area contributed by atoms with Crippen LogP contribution >= 0.6 is 0 Å². The molecular formula is C28H28N6. The molecule has 6 heteroatoms. The van der Waals surface area contributed by atoms with Gasteiger partial charge in [0.2, 0.25) is 0 Å². The number of fused-ring (bicyclic) bond motifs is 1. The zero-order valence-corrected chi connectivity index (χ0v) is 19.6. The molecule has 0 saturated heterocycles. The van der Waals surface area contributed by atoms with Gasteiger partial charge in [0.25, 0.3) is 0 Å². The van der Waals surface area contributed by atoms with Gasteiger partial charge in [0.15, 0.2) is 11.6 Å². The summed E-state index contributed by atoms with van der Waals surface area (Å²) in [6.45, 7) is 7.08. The number of benzene rings is 2. The summed E-state index contributed by atoms with van der Waals surface area (Å²) in [5.74, 6) is 0.959. The first-order valence-electron chi connectivity index (χ1n) is 11.4. The zero-order valence-electron chi connectivity index (χ0n) is 19.6. The highest BCUT2D eigenvalue weighted by Gasteiger charge is 2.23. The van der Waals surface area contributed by atoms with Crippen LogP contribution in [-0.2, 0) is 5.41 Å². The number of nitrogen functional groups attached to an aromatic ring is 1. The summed E-state index contributed by atoms with van der Waals surface area (Å²) in [6.07, 6.45) is 1.80. The number of aryl methyl sites for hydroxylation is 1. The van der Waals surface area contributed by atoms with Crippen molar-refractivity contribution in [1.82, 2.24) is 19.9 Å². The number of aromatic nitrogens is 4. The maximum atomic E-state index is 6.41. The van der Waals surface area contributed by atoms with Gasteiger partial charge >= 0.3 is 0 Å². The minimum Gasteiger partial charge on any atom is -0.381 e. The standard InChI is InChI=1S/C28H28N6/c1-18-11-14-23(32-18)28(2,3)17-31-27-26(29)33-24(19-8-5-4-6-9-19)25(34-27)21-12-13-22-20(16-21)10-7-15-30-22/h4-16,32H,17H2,1-3H3,(H2,29,33)(H,31,34). The smallest absolute Gasteiger partial charge is 0.169 e. The van der Waals surface area contributed by atoms with E-state index in [0.717, 1.165) is 44.8 Å². The van der Waals surface area contributed by atoms with Crippen LogP contribution in [-0.4, -0.2) is 26.5 Å². The van der Waals surface area contributed by atoms with Crippen LogP contribution < -0.4 is 11.1 Å². The second kappa shape index (κ2) is 8.63. The number of nitrogens with two attached hydrogens (primary N) is 1. The highest BCUT2D eigenvalue weighted by molar-refractivity contribution is 5.88. The van der Waals surface area contributed by atoms with Crippen LogP contribution in [0.1, 0.15) is 25.2 Å². The van der Waals surface area contributed by atoms with Gasteiger partial charge in [-0.15, -0.1) is 0 Å². The molecule has 2 aromatic carbocycles. The molecule has 3 aromatic heterocycles. The van der Waals surface area contributed by atoms with Crippen molar-refractivity contribution < 1.29 is 0 Å². The average molecular weight is 449 g/mol. The lowest BCUT2D eigenvalue weighted by molar-refractivity contribution is 0.540. The molecule has 4 N–H and O–H groups in total. The lowest BCUT2D eigenvalue weighted by Crippen LogP contribution is -2.29. The molecule has 3 heterocycles. The van der Waals surface area contributed by atoms with Crippen molar-refractivity contribution in [3.8, 4) is 22.5 Å². The molecular weight excluding hydrogens is 420 g/mol. The highest BCUT2D eigenvalue weighted by atomic mass is 15.1. The van der Waals surface area contributed by atoms with Crippen molar-refractivity contribution in [1.29, 1.82) is 0 Å². The van der Waals surface area contributed by atoms with Gasteiger partial charge in [0.1, 0.15) is 0 Å². The molecule has 170 valence electrons. The second-order valence-corrected chi connectivity index (χ2v) is 9.22. The Bertz CT molecular complexity index is 1450. The Labute approximate surface area is 199 Å². The van der Waals surface area contributed by atoms with Gasteiger partial charge in [0, 0.05) is 46.1 Å². The van der Waals surface area contributed by atoms with Crippen LogP contribution in [0.25, 0.3) is 33.4 Å². The van der Waals surface area contributed by atoms with Gasteiger partial charge in [-0.2, -0.15) is 0 Å². The number of pyridine rings is 1. The average Bonchev–Trinajstić information content (AvgIpc) is 3.30. The molecule has 0 radical (unpaired) electrons. The molecule has 0 fully saturated rings. The molecule has 0 bridgehead atoms. The summed E-state index contributed by atoms with van der Waals surface area (Å²) >= 11 is 0. The van der Waals surface area contributed by atoms with E-state index in [-0.39, 0.29) is 5.41 Å². The topological polar surface area (TPSA) is 92.5 Å². The van der Waals surface area contributed by atoms with Gasteiger partial charge in [-0.1, -0.05) is 56.3 Å². The molecule has 5 aromatic rings. The summed E-state index contributed by atoms with van der Waals surface area (Å²) in [4.78, 5) is 17.7. The Balaban J connectivity index is 1.57. The monoisotopic (exact) mass is 448 g/mol. The number of rotatable bonds is 6. The van der Waals surface area contributed by atoms with Crippen LogP contribution in [0, 0.1) is 6.92 Å². The summed E-state index contributed by atoms with van der Waals surface area (Å²) < 4.78 is 0. The summed E-state index contributed by atoms with van der Waals surface area (Å²) in [6, 6.07) is 24.4. The molecule has 0 amide bonds. The lowest BCUT2D eigenvalue weighted by Gasteiger charge is -2.25. The third-order valence-corrected chi connectivity index (χ3v) is 6.11. The first kappa shape index (κ1) is 21.6. The Morgan fingerprint density at radius 1 is 0.882 bits per heavy atom. The van der Waals surface area contributed by atoms with Crippen molar-refractivity contribution in [2.24, 2.45) is 0 Å². The van der Waals surface area contributed by atoms with E-state index in [1.165, 1.54) is 0 Å². The van der Waals surface area contributed by atoms with E-state index in [2.05, 4.69) is 60.3 Å². The normalized spacial score (nSPS) is 11.6. The molecule has 0 aliphatic heterocycles. The maximum absolute atomic E-state index is 6.41. The van der Waals surface area contributed by atoms with E-state index in [4.69, 9.17) is 15.7 Å². The van der Waals surface area contributed by atoms with E-state index in [9.17, 15) is 0 Å². The van der Waals surface area contributed by atoms with Gasteiger partial charge in [-0.05, 0) is 37.3 Å². The summed E-state index contributed by atoms with van der Waals surface area (Å²) in [5.41, 5.74) is 13.0. The third-order valence-electron chi connectivity index (χ3n) is 6.11. The molecule has 5 rings (SSSR count). The molecule has 0 unspecified atom stereocenters. The number of anilines is 2. The van der Waals surface area contributed by atoms with Crippen LogP contribution in [0.15, 0.2) is 79.0 Å². The molecule has 0 aliphatic rings. The molecule has 34 heavy (non-hydrogen) atoms. The van der Waals surface area contributed by atoms with Crippen molar-refractivity contribution in [3.63, 3.8) is 0 Å². The van der Waals surface area contributed by atoms with Crippen LogP contribution in [0.4, 0.5) is 11.6 Å². The van der Waals surface area contributed by atoms with Crippen molar-refractivity contribution in [3.05, 3.63) is 90.4 Å². The van der Waals surface area contributed by atoms with Gasteiger partial charge in [-0.3, -0.25) is 4.98 Å². The Hall–Kier alpha value is -4.19. The minimum atomic E-state index is -0.144. The van der Waals surface area contributed by atoms with E-state index in [1.54, 1.807) is 6.20 Å². The summed E-state index contributed by atoms with van der Waals surface area (Å²) in [5, 5.41) is 4.51. The Morgan fingerprint density at radius 3 is 2.44 bits per heavy atom. The quantitative estimate of drug-likeness (QED) is 0.298. The number of H-pyrrole nitrogens is 1. The molecule has 0 aliphatic carbocycles. The van der Waals surface area contributed by atoms with Gasteiger partial charge in [0.05, 0.1) is 16.9 Å².